The Morgan fingerprint density at radius 1 is 1.12 bits per heavy atom. The van der Waals surface area contributed by atoms with Crippen LogP contribution in [0.4, 0.5) is 0 Å². The predicted molar refractivity (Wildman–Crippen MR) is 68.1 cm³/mol. The number of nitrogens with zero attached hydrogens (tertiary/aromatic N) is 1. The first-order valence-corrected chi connectivity index (χ1v) is 5.44. The third-order valence-electron chi connectivity index (χ3n) is 2.88. The van der Waals surface area contributed by atoms with Crippen molar-refractivity contribution in [2.24, 2.45) is 0 Å². The summed E-state index contributed by atoms with van der Waals surface area (Å²) in [5.74, 6) is 0.855. The maximum absolute atomic E-state index is 5.43. The van der Waals surface area contributed by atoms with Gasteiger partial charge in [0, 0.05) is 5.56 Å². The van der Waals surface area contributed by atoms with Gasteiger partial charge in [0.25, 0.3) is 0 Å². The SMILES string of the molecule is COc1ccc2ccccc2c1-c1cnc[nH]1. The van der Waals surface area contributed by atoms with Crippen LogP contribution in [0, 0.1) is 0 Å². The summed E-state index contributed by atoms with van der Waals surface area (Å²) in [5, 5.41) is 2.36. The highest BCUT2D eigenvalue weighted by molar-refractivity contribution is 5.98. The number of methoxy groups -OCH3 is 1. The van der Waals surface area contributed by atoms with Crippen LogP contribution in [0.2, 0.25) is 0 Å². The summed E-state index contributed by atoms with van der Waals surface area (Å²) in [6.07, 6.45) is 3.49. The predicted octanol–water partition coefficient (Wildman–Crippen LogP) is 3.24. The average molecular weight is 224 g/mol. The third-order valence-corrected chi connectivity index (χ3v) is 2.88. The van der Waals surface area contributed by atoms with Crippen molar-refractivity contribution in [2.45, 2.75) is 0 Å². The summed E-state index contributed by atoms with van der Waals surface area (Å²) in [5.41, 5.74) is 2.03. The highest BCUT2D eigenvalue weighted by Gasteiger charge is 2.10. The van der Waals surface area contributed by atoms with E-state index >= 15 is 0 Å². The lowest BCUT2D eigenvalue weighted by Crippen LogP contribution is -1.89. The van der Waals surface area contributed by atoms with Crippen LogP contribution in [0.5, 0.6) is 5.75 Å². The van der Waals surface area contributed by atoms with E-state index in [9.17, 15) is 0 Å². The van der Waals surface area contributed by atoms with Crippen molar-refractivity contribution < 1.29 is 4.74 Å². The summed E-state index contributed by atoms with van der Waals surface area (Å²) in [7, 11) is 1.68. The van der Waals surface area contributed by atoms with Crippen LogP contribution < -0.4 is 4.74 Å². The van der Waals surface area contributed by atoms with Gasteiger partial charge in [0.05, 0.1) is 25.3 Å². The van der Waals surface area contributed by atoms with Crippen molar-refractivity contribution in [3.05, 3.63) is 48.9 Å². The van der Waals surface area contributed by atoms with E-state index in [-0.39, 0.29) is 0 Å². The van der Waals surface area contributed by atoms with E-state index in [1.165, 1.54) is 5.39 Å². The Kier molecular flexibility index (Phi) is 2.29. The first kappa shape index (κ1) is 9.90. The van der Waals surface area contributed by atoms with Gasteiger partial charge in [0.1, 0.15) is 5.75 Å². The first-order chi connectivity index (χ1) is 8.40. The van der Waals surface area contributed by atoms with Gasteiger partial charge in [0.2, 0.25) is 0 Å². The molecule has 3 rings (SSSR count). The fraction of sp³-hybridized carbons (Fsp3) is 0.0714. The Hall–Kier alpha value is -2.29. The lowest BCUT2D eigenvalue weighted by atomic mass is 10.0. The number of rotatable bonds is 2. The molecule has 0 fully saturated rings. The van der Waals surface area contributed by atoms with Gasteiger partial charge in [-0.15, -0.1) is 0 Å². The number of hydrogen-bond acceptors (Lipinski definition) is 2. The molecule has 3 nitrogen and oxygen atoms in total. The standard InChI is InChI=1S/C14H12N2O/c1-17-13-7-6-10-4-2-3-5-11(10)14(13)12-8-15-9-16-12/h2-9H,1H3,(H,15,16). The van der Waals surface area contributed by atoms with Crippen LogP contribution in [-0.4, -0.2) is 17.1 Å². The van der Waals surface area contributed by atoms with Crippen LogP contribution in [-0.2, 0) is 0 Å². The quantitative estimate of drug-likeness (QED) is 0.725. The van der Waals surface area contributed by atoms with E-state index in [1.807, 2.05) is 24.4 Å². The van der Waals surface area contributed by atoms with Gasteiger partial charge in [-0.1, -0.05) is 30.3 Å². The van der Waals surface area contributed by atoms with Crippen molar-refractivity contribution in [1.29, 1.82) is 0 Å². The molecule has 0 aliphatic heterocycles. The lowest BCUT2D eigenvalue weighted by molar-refractivity contribution is 0.417. The molecule has 0 amide bonds. The Bertz CT molecular complexity index is 644. The molecule has 0 saturated heterocycles. The van der Waals surface area contributed by atoms with Crippen LogP contribution in [0.15, 0.2) is 48.9 Å². The molecular formula is C14H12N2O. The fourth-order valence-corrected chi connectivity index (χ4v) is 2.09. The summed E-state index contributed by atoms with van der Waals surface area (Å²) in [6, 6.07) is 12.3. The molecule has 0 unspecified atom stereocenters. The van der Waals surface area contributed by atoms with Crippen LogP contribution in [0.3, 0.4) is 0 Å². The molecule has 1 N–H and O–H groups in total. The van der Waals surface area contributed by atoms with Gasteiger partial charge in [0.15, 0.2) is 0 Å². The Morgan fingerprint density at radius 3 is 2.76 bits per heavy atom. The largest absolute Gasteiger partial charge is 0.496 e. The van der Waals surface area contributed by atoms with Gasteiger partial charge < -0.3 is 9.72 Å². The zero-order chi connectivity index (χ0) is 11.7. The number of aromatic nitrogens is 2. The van der Waals surface area contributed by atoms with Gasteiger partial charge >= 0.3 is 0 Å². The molecule has 0 saturated carbocycles. The second-order valence-corrected chi connectivity index (χ2v) is 3.83. The van der Waals surface area contributed by atoms with E-state index in [0.717, 1.165) is 22.4 Å². The number of benzene rings is 2. The molecule has 0 aliphatic rings. The van der Waals surface area contributed by atoms with Gasteiger partial charge in [-0.3, -0.25) is 0 Å². The van der Waals surface area contributed by atoms with Gasteiger partial charge in [-0.2, -0.15) is 0 Å². The number of fused-ring (bicyclic) bond motifs is 1. The summed E-state index contributed by atoms with van der Waals surface area (Å²) < 4.78 is 5.43. The lowest BCUT2D eigenvalue weighted by Gasteiger charge is -2.10. The van der Waals surface area contributed by atoms with Crippen molar-refractivity contribution in [1.82, 2.24) is 9.97 Å². The van der Waals surface area contributed by atoms with E-state index in [4.69, 9.17) is 4.74 Å². The van der Waals surface area contributed by atoms with Crippen LogP contribution in [0.25, 0.3) is 22.0 Å². The van der Waals surface area contributed by atoms with Crippen molar-refractivity contribution >= 4 is 10.8 Å². The zero-order valence-electron chi connectivity index (χ0n) is 9.47. The molecule has 0 atom stereocenters. The molecule has 84 valence electrons. The highest BCUT2D eigenvalue weighted by atomic mass is 16.5. The molecule has 0 spiro atoms. The number of hydrogen-bond donors (Lipinski definition) is 1. The molecular weight excluding hydrogens is 212 g/mol. The summed E-state index contributed by atoms with van der Waals surface area (Å²) >= 11 is 0. The third kappa shape index (κ3) is 1.56. The molecule has 1 heterocycles. The molecule has 2 aromatic carbocycles. The van der Waals surface area contributed by atoms with Crippen molar-refractivity contribution in [3.8, 4) is 17.0 Å². The monoisotopic (exact) mass is 224 g/mol. The minimum absolute atomic E-state index is 0.855. The second-order valence-electron chi connectivity index (χ2n) is 3.83. The van der Waals surface area contributed by atoms with E-state index in [0.29, 0.717) is 0 Å². The zero-order valence-corrected chi connectivity index (χ0v) is 9.47. The molecule has 3 aromatic rings. The second kappa shape index (κ2) is 3.94. The van der Waals surface area contributed by atoms with E-state index < -0.39 is 0 Å². The number of imidazole rings is 1. The molecule has 17 heavy (non-hydrogen) atoms. The fourth-order valence-electron chi connectivity index (χ4n) is 2.09. The Labute approximate surface area is 99.1 Å². The van der Waals surface area contributed by atoms with E-state index in [1.54, 1.807) is 13.4 Å². The molecule has 0 aliphatic carbocycles. The minimum atomic E-state index is 0.855. The van der Waals surface area contributed by atoms with E-state index in [2.05, 4.69) is 28.2 Å². The topological polar surface area (TPSA) is 37.9 Å². The highest BCUT2D eigenvalue weighted by Crippen LogP contribution is 2.35. The normalized spacial score (nSPS) is 10.6. The van der Waals surface area contributed by atoms with Crippen molar-refractivity contribution in [2.75, 3.05) is 7.11 Å². The summed E-state index contributed by atoms with van der Waals surface area (Å²) in [4.78, 5) is 7.20. The maximum Gasteiger partial charge on any atom is 0.128 e. The number of aromatic amines is 1. The Balaban J connectivity index is 2.39. The first-order valence-electron chi connectivity index (χ1n) is 5.44. The molecule has 1 aromatic heterocycles. The van der Waals surface area contributed by atoms with Gasteiger partial charge in [-0.25, -0.2) is 4.98 Å². The number of nitrogens with one attached hydrogen (secondary N) is 1. The molecule has 0 bridgehead atoms. The summed E-state index contributed by atoms with van der Waals surface area (Å²) in [6.45, 7) is 0. The molecule has 0 radical (unpaired) electrons. The maximum atomic E-state index is 5.43. The Morgan fingerprint density at radius 2 is 2.00 bits per heavy atom. The minimum Gasteiger partial charge on any atom is -0.496 e. The van der Waals surface area contributed by atoms with Gasteiger partial charge in [-0.05, 0) is 16.8 Å². The molecule has 3 heteroatoms. The number of H-pyrrole nitrogens is 1. The smallest absolute Gasteiger partial charge is 0.128 e. The van der Waals surface area contributed by atoms with Crippen molar-refractivity contribution in [3.63, 3.8) is 0 Å². The number of ether oxygens (including phenoxy) is 1. The average Bonchev–Trinajstić information content (AvgIpc) is 2.91. The van der Waals surface area contributed by atoms with Crippen LogP contribution in [0.1, 0.15) is 0 Å². The van der Waals surface area contributed by atoms with Crippen LogP contribution >= 0.6 is 0 Å².